The summed E-state index contributed by atoms with van der Waals surface area (Å²) in [6.45, 7) is 1.80. The molecule has 1 atom stereocenters. The Kier molecular flexibility index (Phi) is 3.86. The van der Waals surface area contributed by atoms with Crippen LogP contribution in [0.15, 0.2) is 18.2 Å². The molecule has 0 spiro atoms. The van der Waals surface area contributed by atoms with E-state index < -0.39 is 11.0 Å². The first-order chi connectivity index (χ1) is 8.63. The van der Waals surface area contributed by atoms with Gasteiger partial charge in [0.15, 0.2) is 18.1 Å². The second kappa shape index (κ2) is 5.39. The number of hydrogen-bond donors (Lipinski definition) is 0. The number of ketones is 1. The zero-order valence-corrected chi connectivity index (χ0v) is 11.2. The largest absolute Gasteiger partial charge is 0.478 e. The fraction of sp³-hybridized carbons (Fsp3) is 0.333. The fourth-order valence-corrected chi connectivity index (χ4v) is 2.00. The van der Waals surface area contributed by atoms with E-state index in [0.717, 1.165) is 0 Å². The lowest BCUT2D eigenvalue weighted by molar-refractivity contribution is -0.145. The first kappa shape index (κ1) is 12.9. The van der Waals surface area contributed by atoms with E-state index in [2.05, 4.69) is 15.9 Å². The molecule has 1 aliphatic rings. The third kappa shape index (κ3) is 2.48. The molecule has 0 amide bonds. The summed E-state index contributed by atoms with van der Waals surface area (Å²) >= 11 is 3.10. The zero-order chi connectivity index (χ0) is 13.1. The van der Waals surface area contributed by atoms with Crippen LogP contribution in [0, 0.1) is 0 Å². The van der Waals surface area contributed by atoms with Crippen molar-refractivity contribution in [1.82, 2.24) is 0 Å². The monoisotopic (exact) mass is 314 g/mol. The lowest BCUT2D eigenvalue weighted by atomic mass is 10.1. The minimum absolute atomic E-state index is 0.161. The van der Waals surface area contributed by atoms with Crippen LogP contribution in [-0.2, 0) is 9.53 Å². The SMILES string of the molecule is CCOC(=O)COc1cccc2c1OC(Br)C2=O. The second-order valence-electron chi connectivity index (χ2n) is 3.52. The van der Waals surface area contributed by atoms with Crippen LogP contribution in [0.25, 0.3) is 0 Å². The Morgan fingerprint density at radius 1 is 1.50 bits per heavy atom. The molecule has 0 bridgehead atoms. The molecule has 0 aliphatic carbocycles. The molecule has 96 valence electrons. The highest BCUT2D eigenvalue weighted by Crippen LogP contribution is 2.39. The Hall–Kier alpha value is -1.56. The highest BCUT2D eigenvalue weighted by molar-refractivity contribution is 9.09. The maximum Gasteiger partial charge on any atom is 0.344 e. The minimum Gasteiger partial charge on any atom is -0.478 e. The Labute approximate surface area is 112 Å². The average molecular weight is 315 g/mol. The molecule has 1 unspecified atom stereocenters. The molecule has 2 rings (SSSR count). The van der Waals surface area contributed by atoms with Gasteiger partial charge in [-0.1, -0.05) is 6.07 Å². The third-order valence-electron chi connectivity index (χ3n) is 2.32. The van der Waals surface area contributed by atoms with Crippen LogP contribution in [0.2, 0.25) is 0 Å². The number of Topliss-reactive ketones (excluding diaryl/α,β-unsaturated/α-hetero) is 1. The Bertz CT molecular complexity index is 485. The van der Waals surface area contributed by atoms with Crippen molar-refractivity contribution in [1.29, 1.82) is 0 Å². The summed E-state index contributed by atoms with van der Waals surface area (Å²) in [4.78, 5) is 22.9. The van der Waals surface area contributed by atoms with E-state index in [4.69, 9.17) is 14.2 Å². The number of rotatable bonds is 4. The average Bonchev–Trinajstić information content (AvgIpc) is 2.64. The summed E-state index contributed by atoms with van der Waals surface area (Å²) in [6.07, 6.45) is 0. The van der Waals surface area contributed by atoms with E-state index in [9.17, 15) is 9.59 Å². The number of fused-ring (bicyclic) bond motifs is 1. The second-order valence-corrected chi connectivity index (χ2v) is 4.36. The van der Waals surface area contributed by atoms with Crippen LogP contribution in [0.5, 0.6) is 11.5 Å². The van der Waals surface area contributed by atoms with Gasteiger partial charge in [0.2, 0.25) is 10.8 Å². The Morgan fingerprint density at radius 2 is 2.28 bits per heavy atom. The van der Waals surface area contributed by atoms with Crippen LogP contribution < -0.4 is 9.47 Å². The number of alkyl halides is 1. The predicted octanol–water partition coefficient (Wildman–Crippen LogP) is 1.92. The lowest BCUT2D eigenvalue weighted by Crippen LogP contribution is -2.15. The number of carbonyl (C=O) groups is 2. The highest BCUT2D eigenvalue weighted by Gasteiger charge is 2.32. The number of carbonyl (C=O) groups excluding carboxylic acids is 2. The van der Waals surface area contributed by atoms with Gasteiger partial charge in [-0.15, -0.1) is 0 Å². The Balaban J connectivity index is 2.12. The number of esters is 1. The number of hydrogen-bond acceptors (Lipinski definition) is 5. The van der Waals surface area contributed by atoms with Gasteiger partial charge in [-0.2, -0.15) is 0 Å². The summed E-state index contributed by atoms with van der Waals surface area (Å²) in [5.74, 6) is 0.0888. The maximum absolute atomic E-state index is 11.7. The molecule has 0 saturated carbocycles. The fourth-order valence-electron chi connectivity index (χ4n) is 1.56. The maximum atomic E-state index is 11.7. The molecular formula is C12H11BrO5. The van der Waals surface area contributed by atoms with Gasteiger partial charge in [0.05, 0.1) is 12.2 Å². The normalized spacial score (nSPS) is 17.0. The van der Waals surface area contributed by atoms with E-state index in [-0.39, 0.29) is 12.4 Å². The number of benzene rings is 1. The molecule has 1 aromatic rings. The number of para-hydroxylation sites is 1. The van der Waals surface area contributed by atoms with Gasteiger partial charge in [0.25, 0.3) is 0 Å². The van der Waals surface area contributed by atoms with Gasteiger partial charge in [-0.25, -0.2) is 4.79 Å². The van der Waals surface area contributed by atoms with Gasteiger partial charge < -0.3 is 14.2 Å². The Morgan fingerprint density at radius 3 is 3.00 bits per heavy atom. The van der Waals surface area contributed by atoms with E-state index in [0.29, 0.717) is 23.7 Å². The first-order valence-corrected chi connectivity index (χ1v) is 6.31. The van der Waals surface area contributed by atoms with Crippen LogP contribution in [-0.4, -0.2) is 30.0 Å². The van der Waals surface area contributed by atoms with Crippen LogP contribution in [0.4, 0.5) is 0 Å². The van der Waals surface area contributed by atoms with Crippen molar-refractivity contribution in [3.63, 3.8) is 0 Å². The molecule has 0 N–H and O–H groups in total. The van der Waals surface area contributed by atoms with Crippen molar-refractivity contribution in [3.8, 4) is 11.5 Å². The smallest absolute Gasteiger partial charge is 0.344 e. The van der Waals surface area contributed by atoms with Gasteiger partial charge in [0, 0.05) is 0 Å². The molecule has 6 heteroatoms. The molecule has 0 fully saturated rings. The van der Waals surface area contributed by atoms with Gasteiger partial charge in [-0.3, -0.25) is 4.79 Å². The van der Waals surface area contributed by atoms with Crippen molar-refractivity contribution < 1.29 is 23.8 Å². The van der Waals surface area contributed by atoms with Crippen molar-refractivity contribution in [3.05, 3.63) is 23.8 Å². The van der Waals surface area contributed by atoms with Crippen LogP contribution >= 0.6 is 15.9 Å². The highest BCUT2D eigenvalue weighted by atomic mass is 79.9. The summed E-state index contributed by atoms with van der Waals surface area (Å²) in [5.41, 5.74) is 0.443. The molecule has 1 aliphatic heterocycles. The lowest BCUT2D eigenvalue weighted by Gasteiger charge is -2.09. The van der Waals surface area contributed by atoms with Crippen molar-refractivity contribution in [2.24, 2.45) is 0 Å². The summed E-state index contributed by atoms with van der Waals surface area (Å²) < 4.78 is 15.4. The van der Waals surface area contributed by atoms with Gasteiger partial charge >= 0.3 is 5.97 Å². The molecule has 18 heavy (non-hydrogen) atoms. The molecule has 0 aromatic heterocycles. The third-order valence-corrected chi connectivity index (χ3v) is 2.93. The predicted molar refractivity (Wildman–Crippen MR) is 66.2 cm³/mol. The molecule has 5 nitrogen and oxygen atoms in total. The number of halogens is 1. The zero-order valence-electron chi connectivity index (χ0n) is 9.64. The van der Waals surface area contributed by atoms with Crippen molar-refractivity contribution in [2.45, 2.75) is 11.9 Å². The van der Waals surface area contributed by atoms with Crippen LogP contribution in [0.1, 0.15) is 17.3 Å². The molecule has 0 radical (unpaired) electrons. The van der Waals surface area contributed by atoms with Gasteiger partial charge in [0.1, 0.15) is 0 Å². The van der Waals surface area contributed by atoms with E-state index in [1.165, 1.54) is 0 Å². The first-order valence-electron chi connectivity index (χ1n) is 5.40. The summed E-state index contributed by atoms with van der Waals surface area (Å²) in [6, 6.07) is 4.96. The number of ether oxygens (including phenoxy) is 3. The van der Waals surface area contributed by atoms with Crippen molar-refractivity contribution >= 4 is 27.7 Å². The quantitative estimate of drug-likeness (QED) is 0.627. The topological polar surface area (TPSA) is 61.8 Å². The molecule has 1 aromatic carbocycles. The molecule has 0 saturated heterocycles. The van der Waals surface area contributed by atoms with E-state index in [1.807, 2.05) is 0 Å². The van der Waals surface area contributed by atoms with Crippen LogP contribution in [0.3, 0.4) is 0 Å². The summed E-state index contributed by atoms with van der Waals surface area (Å²) in [7, 11) is 0. The van der Waals surface area contributed by atoms with Gasteiger partial charge in [-0.05, 0) is 35.0 Å². The van der Waals surface area contributed by atoms with E-state index in [1.54, 1.807) is 25.1 Å². The summed E-state index contributed by atoms with van der Waals surface area (Å²) in [5, 5.41) is -0.695. The standard InChI is InChI=1S/C12H11BrO5/c1-2-16-9(14)6-17-8-5-3-4-7-10(15)12(13)18-11(7)8/h3-5,12H,2,6H2,1H3. The minimum atomic E-state index is -0.695. The van der Waals surface area contributed by atoms with Crippen molar-refractivity contribution in [2.75, 3.05) is 13.2 Å². The van der Waals surface area contributed by atoms with E-state index >= 15 is 0 Å². The molecule has 1 heterocycles. The molecular weight excluding hydrogens is 304 g/mol.